The monoisotopic (exact) mass is 334 g/mol. The van der Waals surface area contributed by atoms with E-state index in [4.69, 9.17) is 4.42 Å². The first-order valence-corrected chi connectivity index (χ1v) is 10.0. The predicted octanol–water partition coefficient (Wildman–Crippen LogP) is 2.43. The number of thioether (sulfide) groups is 1. The summed E-state index contributed by atoms with van der Waals surface area (Å²) < 4.78 is 33.1. The fourth-order valence-corrected chi connectivity index (χ4v) is 4.28. The molecule has 0 aliphatic heterocycles. The normalized spacial score (nSPS) is 12.0. The van der Waals surface area contributed by atoms with Crippen LogP contribution in [0.25, 0.3) is 0 Å². The Kier molecular flexibility index (Phi) is 7.79. The molecule has 0 bridgehead atoms. The molecule has 1 heterocycles. The average molecular weight is 335 g/mol. The zero-order chi connectivity index (χ0) is 15.9. The SMILES string of the molecule is CNCc1c(C)oc(C)c1S(=O)(=O)NCCCCCSC. The van der Waals surface area contributed by atoms with Gasteiger partial charge in [0.05, 0.1) is 0 Å². The molecule has 0 spiro atoms. The molecule has 0 aliphatic rings. The van der Waals surface area contributed by atoms with Crippen molar-refractivity contribution in [3.05, 3.63) is 17.1 Å². The van der Waals surface area contributed by atoms with E-state index in [1.165, 1.54) is 0 Å². The summed E-state index contributed by atoms with van der Waals surface area (Å²) in [4.78, 5) is 0.290. The van der Waals surface area contributed by atoms with E-state index in [0.717, 1.165) is 25.0 Å². The first-order chi connectivity index (χ1) is 9.94. The van der Waals surface area contributed by atoms with Crippen LogP contribution in [0.15, 0.2) is 9.31 Å². The third-order valence-corrected chi connectivity index (χ3v) is 5.62. The molecule has 0 saturated carbocycles. The van der Waals surface area contributed by atoms with E-state index < -0.39 is 10.0 Å². The predicted molar refractivity (Wildman–Crippen MR) is 88.4 cm³/mol. The zero-order valence-electron chi connectivity index (χ0n) is 13.3. The second-order valence-electron chi connectivity index (χ2n) is 5.00. The van der Waals surface area contributed by atoms with Crippen LogP contribution in [0.3, 0.4) is 0 Å². The summed E-state index contributed by atoms with van der Waals surface area (Å²) in [6.07, 6.45) is 5.10. The molecular formula is C14H26N2O3S2. The van der Waals surface area contributed by atoms with Crippen molar-refractivity contribution in [1.29, 1.82) is 0 Å². The lowest BCUT2D eigenvalue weighted by Crippen LogP contribution is -2.26. The van der Waals surface area contributed by atoms with Gasteiger partial charge in [-0.25, -0.2) is 13.1 Å². The highest BCUT2D eigenvalue weighted by Crippen LogP contribution is 2.26. The minimum absolute atomic E-state index is 0.290. The number of aryl methyl sites for hydroxylation is 2. The number of furan rings is 1. The van der Waals surface area contributed by atoms with Crippen molar-refractivity contribution < 1.29 is 12.8 Å². The van der Waals surface area contributed by atoms with E-state index in [0.29, 0.717) is 35.1 Å². The maximum absolute atomic E-state index is 12.4. The lowest BCUT2D eigenvalue weighted by molar-refractivity contribution is 0.493. The van der Waals surface area contributed by atoms with Crippen LogP contribution in [0.5, 0.6) is 0 Å². The Labute approximate surface area is 132 Å². The molecule has 2 N–H and O–H groups in total. The highest BCUT2D eigenvalue weighted by molar-refractivity contribution is 7.98. The molecule has 0 aliphatic carbocycles. The molecule has 0 amide bonds. The quantitative estimate of drug-likeness (QED) is 0.643. The molecule has 1 aromatic rings. The van der Waals surface area contributed by atoms with Crippen LogP contribution in [-0.2, 0) is 16.6 Å². The third kappa shape index (κ3) is 5.32. The Hall–Kier alpha value is -0.500. The summed E-state index contributed by atoms with van der Waals surface area (Å²) in [7, 11) is -1.72. The number of hydrogen-bond acceptors (Lipinski definition) is 5. The van der Waals surface area contributed by atoms with E-state index in [1.807, 2.05) is 11.8 Å². The summed E-state index contributed by atoms with van der Waals surface area (Å²) in [5.41, 5.74) is 0.713. The summed E-state index contributed by atoms with van der Waals surface area (Å²) >= 11 is 1.82. The Bertz CT molecular complexity index is 539. The molecule has 122 valence electrons. The van der Waals surface area contributed by atoms with Crippen molar-refractivity contribution in [2.24, 2.45) is 0 Å². The van der Waals surface area contributed by atoms with Gasteiger partial charge in [-0.3, -0.25) is 0 Å². The summed E-state index contributed by atoms with van der Waals surface area (Å²) in [6.45, 7) is 4.44. The highest BCUT2D eigenvalue weighted by Gasteiger charge is 2.25. The van der Waals surface area contributed by atoms with Crippen LogP contribution in [0.4, 0.5) is 0 Å². The van der Waals surface area contributed by atoms with Crippen LogP contribution in [0.1, 0.15) is 36.3 Å². The lowest BCUT2D eigenvalue weighted by Gasteiger charge is -2.08. The van der Waals surface area contributed by atoms with E-state index in [-0.39, 0.29) is 0 Å². The largest absolute Gasteiger partial charge is 0.465 e. The molecule has 0 unspecified atom stereocenters. The van der Waals surface area contributed by atoms with Crippen molar-refractivity contribution in [2.75, 3.05) is 25.6 Å². The van der Waals surface area contributed by atoms with Gasteiger partial charge >= 0.3 is 0 Å². The van der Waals surface area contributed by atoms with Crippen LogP contribution >= 0.6 is 11.8 Å². The van der Waals surface area contributed by atoms with E-state index >= 15 is 0 Å². The maximum atomic E-state index is 12.4. The van der Waals surface area contributed by atoms with Gasteiger partial charge in [-0.2, -0.15) is 11.8 Å². The van der Waals surface area contributed by atoms with Crippen LogP contribution in [0.2, 0.25) is 0 Å². The fraction of sp³-hybridized carbons (Fsp3) is 0.714. The minimum Gasteiger partial charge on any atom is -0.465 e. The molecule has 0 fully saturated rings. The maximum Gasteiger partial charge on any atom is 0.244 e. The smallest absolute Gasteiger partial charge is 0.244 e. The molecule has 0 atom stereocenters. The summed E-state index contributed by atoms with van der Waals surface area (Å²) in [5.74, 6) is 2.23. The molecule has 0 saturated heterocycles. The Morgan fingerprint density at radius 3 is 2.48 bits per heavy atom. The van der Waals surface area contributed by atoms with Gasteiger partial charge in [0.1, 0.15) is 16.4 Å². The molecule has 1 rings (SSSR count). The van der Waals surface area contributed by atoms with Gasteiger partial charge in [-0.15, -0.1) is 0 Å². The highest BCUT2D eigenvalue weighted by atomic mass is 32.2. The molecule has 0 aromatic carbocycles. The third-order valence-electron chi connectivity index (χ3n) is 3.26. The summed E-state index contributed by atoms with van der Waals surface area (Å²) in [6, 6.07) is 0. The van der Waals surface area contributed by atoms with Crippen molar-refractivity contribution in [2.45, 2.75) is 44.6 Å². The van der Waals surface area contributed by atoms with E-state index in [9.17, 15) is 8.42 Å². The van der Waals surface area contributed by atoms with Gasteiger partial charge in [0.25, 0.3) is 0 Å². The number of unbranched alkanes of at least 4 members (excludes halogenated alkanes) is 2. The first kappa shape index (κ1) is 18.5. The van der Waals surface area contributed by atoms with Gasteiger partial charge in [0.2, 0.25) is 10.0 Å². The van der Waals surface area contributed by atoms with Gasteiger partial charge in [-0.05, 0) is 45.7 Å². The van der Waals surface area contributed by atoms with Gasteiger partial charge in [0, 0.05) is 18.7 Å². The van der Waals surface area contributed by atoms with Crippen LogP contribution in [-0.4, -0.2) is 34.0 Å². The van der Waals surface area contributed by atoms with Gasteiger partial charge in [0.15, 0.2) is 0 Å². The Morgan fingerprint density at radius 1 is 1.14 bits per heavy atom. The standard InChI is InChI=1S/C14H26N2O3S2/c1-11-13(10-15-3)14(12(2)19-11)21(17,18)16-8-6-5-7-9-20-4/h15-16H,5-10H2,1-4H3. The number of sulfonamides is 1. The second kappa shape index (κ2) is 8.82. The Balaban J connectivity index is 2.70. The average Bonchev–Trinajstić information content (AvgIpc) is 2.69. The number of rotatable bonds is 10. The molecular weight excluding hydrogens is 308 g/mol. The van der Waals surface area contributed by atoms with E-state index in [1.54, 1.807) is 20.9 Å². The topological polar surface area (TPSA) is 71.3 Å². The molecule has 7 heteroatoms. The lowest BCUT2D eigenvalue weighted by atomic mass is 10.2. The van der Waals surface area contributed by atoms with Crippen LogP contribution in [0, 0.1) is 13.8 Å². The van der Waals surface area contributed by atoms with E-state index in [2.05, 4.69) is 16.3 Å². The van der Waals surface area contributed by atoms with Crippen LogP contribution < -0.4 is 10.0 Å². The summed E-state index contributed by atoms with van der Waals surface area (Å²) in [5, 5.41) is 2.99. The molecule has 21 heavy (non-hydrogen) atoms. The van der Waals surface area contributed by atoms with Crippen molar-refractivity contribution in [1.82, 2.24) is 10.0 Å². The Morgan fingerprint density at radius 2 is 1.86 bits per heavy atom. The second-order valence-corrected chi connectivity index (χ2v) is 7.69. The minimum atomic E-state index is -3.50. The molecule has 1 aromatic heterocycles. The first-order valence-electron chi connectivity index (χ1n) is 7.16. The number of nitrogens with one attached hydrogen (secondary N) is 2. The van der Waals surface area contributed by atoms with Crippen molar-refractivity contribution >= 4 is 21.8 Å². The molecule has 5 nitrogen and oxygen atoms in total. The van der Waals surface area contributed by atoms with Gasteiger partial charge in [-0.1, -0.05) is 6.42 Å². The fourth-order valence-electron chi connectivity index (χ4n) is 2.27. The number of hydrogen-bond donors (Lipinski definition) is 2. The van der Waals surface area contributed by atoms with Crippen molar-refractivity contribution in [3.63, 3.8) is 0 Å². The van der Waals surface area contributed by atoms with Crippen molar-refractivity contribution in [3.8, 4) is 0 Å². The molecule has 0 radical (unpaired) electrons. The van der Waals surface area contributed by atoms with Gasteiger partial charge < -0.3 is 9.73 Å². The zero-order valence-corrected chi connectivity index (χ0v) is 14.9.